The van der Waals surface area contributed by atoms with Crippen LogP contribution in [0, 0.1) is 5.82 Å². The van der Waals surface area contributed by atoms with E-state index in [9.17, 15) is 9.18 Å². The summed E-state index contributed by atoms with van der Waals surface area (Å²) in [7, 11) is 0. The molecule has 0 spiro atoms. The number of rotatable bonds is 15. The number of aromatic nitrogens is 2. The average Bonchev–Trinajstić information content (AvgIpc) is 2.90. The second-order valence-electron chi connectivity index (χ2n) is 9.04. The first-order valence-corrected chi connectivity index (χ1v) is 13.2. The van der Waals surface area contributed by atoms with Gasteiger partial charge in [0.05, 0.1) is 24.6 Å². The highest BCUT2D eigenvalue weighted by atomic mass is 19.1. The Morgan fingerprint density at radius 2 is 1.47 bits per heavy atom. The fourth-order valence-electron chi connectivity index (χ4n) is 3.93. The van der Waals surface area contributed by atoms with Crippen molar-refractivity contribution in [3.63, 3.8) is 0 Å². The number of esters is 1. The quantitative estimate of drug-likeness (QED) is 0.159. The van der Waals surface area contributed by atoms with Gasteiger partial charge in [0.1, 0.15) is 11.6 Å². The molecule has 1 heterocycles. The molecule has 3 aromatic rings. The van der Waals surface area contributed by atoms with E-state index in [1.54, 1.807) is 6.07 Å². The lowest BCUT2D eigenvalue weighted by atomic mass is 10.0. The minimum absolute atomic E-state index is 0.153. The molecule has 0 aliphatic carbocycles. The lowest BCUT2D eigenvalue weighted by Crippen LogP contribution is -2.11. The summed E-state index contributed by atoms with van der Waals surface area (Å²) in [4.78, 5) is 21.0. The van der Waals surface area contributed by atoms with Crippen LogP contribution in [0.4, 0.5) is 4.39 Å². The van der Waals surface area contributed by atoms with E-state index in [-0.39, 0.29) is 11.3 Å². The summed E-state index contributed by atoms with van der Waals surface area (Å²) >= 11 is 0. The summed E-state index contributed by atoms with van der Waals surface area (Å²) in [6.07, 6.45) is 15.3. The van der Waals surface area contributed by atoms with Gasteiger partial charge in [-0.2, -0.15) is 0 Å². The Labute approximate surface area is 214 Å². The topological polar surface area (TPSA) is 61.3 Å². The number of benzene rings is 2. The van der Waals surface area contributed by atoms with Gasteiger partial charge in [0.25, 0.3) is 0 Å². The Morgan fingerprint density at radius 1 is 0.806 bits per heavy atom. The van der Waals surface area contributed by atoms with E-state index in [1.165, 1.54) is 81.5 Å². The molecule has 5 nitrogen and oxygen atoms in total. The molecule has 6 heteroatoms. The molecule has 192 valence electrons. The first-order valence-electron chi connectivity index (χ1n) is 13.2. The number of nitrogens with zero attached hydrogens (tertiary/aromatic N) is 2. The lowest BCUT2D eigenvalue weighted by Gasteiger charge is -2.08. The largest absolute Gasteiger partial charge is 0.494 e. The van der Waals surface area contributed by atoms with Crippen molar-refractivity contribution in [1.29, 1.82) is 0 Å². The number of hydrogen-bond acceptors (Lipinski definition) is 5. The van der Waals surface area contributed by atoms with Gasteiger partial charge in [-0.3, -0.25) is 0 Å². The maximum absolute atomic E-state index is 14.3. The molecule has 0 radical (unpaired) electrons. The number of hydrogen-bond donors (Lipinski definition) is 0. The van der Waals surface area contributed by atoms with Gasteiger partial charge in [0.2, 0.25) is 0 Å². The predicted molar refractivity (Wildman–Crippen MR) is 141 cm³/mol. The van der Waals surface area contributed by atoms with Crippen LogP contribution in [0.15, 0.2) is 54.9 Å². The van der Waals surface area contributed by atoms with Gasteiger partial charge in [-0.1, -0.05) is 83.1 Å². The predicted octanol–water partition coefficient (Wildman–Crippen LogP) is 7.97. The highest BCUT2D eigenvalue weighted by molar-refractivity contribution is 5.91. The highest BCUT2D eigenvalue weighted by Crippen LogP contribution is 2.21. The standard InChI is InChI=1S/C30H37FN2O3/c1-3-5-6-7-8-9-10-11-12-23-13-15-24(16-14-23)29-32-21-26(22-33-29)36-30(34)27-18-17-25(20-28(27)31)35-19-4-2/h13-18,20-22H,3-12,19H2,1-2H3. The highest BCUT2D eigenvalue weighted by Gasteiger charge is 2.16. The Balaban J connectivity index is 1.47. The minimum atomic E-state index is -0.809. The molecule has 0 bridgehead atoms. The lowest BCUT2D eigenvalue weighted by molar-refractivity contribution is 0.0728. The van der Waals surface area contributed by atoms with Crippen LogP contribution in [0.5, 0.6) is 11.5 Å². The van der Waals surface area contributed by atoms with Gasteiger partial charge in [0, 0.05) is 11.6 Å². The van der Waals surface area contributed by atoms with Gasteiger partial charge in [0.15, 0.2) is 11.6 Å². The molecular formula is C30H37FN2O3. The van der Waals surface area contributed by atoms with Crippen LogP contribution in [0.1, 0.15) is 87.6 Å². The molecule has 0 N–H and O–H groups in total. The van der Waals surface area contributed by atoms with Crippen molar-refractivity contribution in [3.8, 4) is 22.9 Å². The van der Waals surface area contributed by atoms with Crippen molar-refractivity contribution in [3.05, 3.63) is 71.8 Å². The Morgan fingerprint density at radius 3 is 2.11 bits per heavy atom. The van der Waals surface area contributed by atoms with Crippen LogP contribution < -0.4 is 9.47 Å². The van der Waals surface area contributed by atoms with Crippen LogP contribution >= 0.6 is 0 Å². The molecule has 0 amide bonds. The van der Waals surface area contributed by atoms with E-state index in [4.69, 9.17) is 9.47 Å². The molecule has 3 rings (SSSR count). The minimum Gasteiger partial charge on any atom is -0.494 e. The zero-order valence-corrected chi connectivity index (χ0v) is 21.5. The number of unbranched alkanes of at least 4 members (excludes halogenated alkanes) is 7. The van der Waals surface area contributed by atoms with Crippen LogP contribution in [-0.2, 0) is 6.42 Å². The van der Waals surface area contributed by atoms with Crippen LogP contribution in [0.2, 0.25) is 0 Å². The van der Waals surface area contributed by atoms with E-state index in [0.29, 0.717) is 18.2 Å². The molecule has 0 fully saturated rings. The van der Waals surface area contributed by atoms with Gasteiger partial charge in [-0.15, -0.1) is 0 Å². The second kappa shape index (κ2) is 15.0. The van der Waals surface area contributed by atoms with Gasteiger partial charge < -0.3 is 9.47 Å². The van der Waals surface area contributed by atoms with Crippen LogP contribution in [0.3, 0.4) is 0 Å². The maximum Gasteiger partial charge on any atom is 0.346 e. The third-order valence-corrected chi connectivity index (χ3v) is 6.00. The van der Waals surface area contributed by atoms with Crippen molar-refractivity contribution < 1.29 is 18.7 Å². The van der Waals surface area contributed by atoms with Gasteiger partial charge in [-0.25, -0.2) is 19.2 Å². The number of aryl methyl sites for hydroxylation is 1. The molecule has 0 saturated heterocycles. The van der Waals surface area contributed by atoms with Crippen molar-refractivity contribution >= 4 is 5.97 Å². The molecule has 1 aromatic heterocycles. The summed E-state index contributed by atoms with van der Waals surface area (Å²) in [5.41, 5.74) is 2.03. The van der Waals surface area contributed by atoms with E-state index >= 15 is 0 Å². The molecule has 0 atom stereocenters. The monoisotopic (exact) mass is 492 g/mol. The van der Waals surface area contributed by atoms with Crippen molar-refractivity contribution in [2.24, 2.45) is 0 Å². The SMILES string of the molecule is CCCCCCCCCCc1ccc(-c2ncc(OC(=O)c3ccc(OCCC)cc3F)cn2)cc1. The van der Waals surface area contributed by atoms with Gasteiger partial charge in [-0.05, 0) is 37.0 Å². The number of carbonyl (C=O) groups is 1. The molecule has 0 aliphatic rings. The summed E-state index contributed by atoms with van der Waals surface area (Å²) in [5, 5.41) is 0. The second-order valence-corrected chi connectivity index (χ2v) is 9.04. The van der Waals surface area contributed by atoms with Gasteiger partial charge >= 0.3 is 5.97 Å². The van der Waals surface area contributed by atoms with Crippen molar-refractivity contribution in [1.82, 2.24) is 9.97 Å². The maximum atomic E-state index is 14.3. The van der Waals surface area contributed by atoms with Crippen molar-refractivity contribution in [2.45, 2.75) is 78.1 Å². The summed E-state index contributed by atoms with van der Waals surface area (Å²) in [6.45, 7) is 4.69. The smallest absolute Gasteiger partial charge is 0.346 e. The number of carbonyl (C=O) groups excluding carboxylic acids is 1. The van der Waals surface area contributed by atoms with E-state index in [0.717, 1.165) is 18.4 Å². The summed E-state index contributed by atoms with van der Waals surface area (Å²) in [5.74, 6) is -0.436. The van der Waals surface area contributed by atoms with E-state index in [1.807, 2.05) is 19.1 Å². The first kappa shape index (κ1) is 27.3. The molecule has 36 heavy (non-hydrogen) atoms. The molecule has 0 unspecified atom stereocenters. The third kappa shape index (κ3) is 8.74. The molecule has 0 aliphatic heterocycles. The van der Waals surface area contributed by atoms with E-state index in [2.05, 4.69) is 29.0 Å². The molecule has 0 saturated carbocycles. The Bertz CT molecular complexity index is 1070. The molecular weight excluding hydrogens is 455 g/mol. The summed E-state index contributed by atoms with van der Waals surface area (Å²) < 4.78 is 25.0. The van der Waals surface area contributed by atoms with Crippen LogP contribution in [-0.4, -0.2) is 22.5 Å². The average molecular weight is 493 g/mol. The zero-order valence-electron chi connectivity index (χ0n) is 21.5. The normalized spacial score (nSPS) is 10.9. The Hall–Kier alpha value is -3.28. The number of ether oxygens (including phenoxy) is 2. The fraction of sp³-hybridized carbons (Fsp3) is 0.433. The summed E-state index contributed by atoms with van der Waals surface area (Å²) in [6, 6.07) is 12.3. The fourth-order valence-corrected chi connectivity index (χ4v) is 3.93. The first-order chi connectivity index (χ1) is 17.6. The zero-order chi connectivity index (χ0) is 25.6. The number of halogens is 1. The van der Waals surface area contributed by atoms with Crippen LogP contribution in [0.25, 0.3) is 11.4 Å². The third-order valence-electron chi connectivity index (χ3n) is 6.00. The molecule has 2 aromatic carbocycles. The Kier molecular flexibility index (Phi) is 11.4. The van der Waals surface area contributed by atoms with Crippen molar-refractivity contribution in [2.75, 3.05) is 6.61 Å². The van der Waals surface area contributed by atoms with E-state index < -0.39 is 11.8 Å².